The number of guanidine groups is 1. The standard InChI is InChI=1S/C19H29FN4O.HI/c1-2-25-14-9-19(7-8-19)15-22-18(21)24-12-10-23(11-13-24)17-5-3-16(20)4-6-17;/h3-6H,2,7-15H2,1H3,(H2,21,22);1H. The number of benzene rings is 1. The van der Waals surface area contributed by atoms with Gasteiger partial charge < -0.3 is 20.3 Å². The Labute approximate surface area is 172 Å². The number of anilines is 1. The molecule has 7 heteroatoms. The summed E-state index contributed by atoms with van der Waals surface area (Å²) in [5, 5.41) is 0. The molecule has 1 heterocycles. The first-order chi connectivity index (χ1) is 12.1. The van der Waals surface area contributed by atoms with Crippen LogP contribution in [0.1, 0.15) is 26.2 Å². The van der Waals surface area contributed by atoms with Gasteiger partial charge in [0.25, 0.3) is 0 Å². The van der Waals surface area contributed by atoms with Crippen LogP contribution < -0.4 is 10.6 Å². The maximum Gasteiger partial charge on any atom is 0.191 e. The van der Waals surface area contributed by atoms with E-state index in [1.807, 2.05) is 19.1 Å². The zero-order chi connectivity index (χ0) is 17.7. The summed E-state index contributed by atoms with van der Waals surface area (Å²) in [5.41, 5.74) is 7.61. The van der Waals surface area contributed by atoms with E-state index in [1.54, 1.807) is 0 Å². The van der Waals surface area contributed by atoms with Gasteiger partial charge in [-0.15, -0.1) is 24.0 Å². The molecule has 26 heavy (non-hydrogen) atoms. The van der Waals surface area contributed by atoms with E-state index in [-0.39, 0.29) is 29.8 Å². The third-order valence-corrected chi connectivity index (χ3v) is 5.31. The van der Waals surface area contributed by atoms with Gasteiger partial charge in [-0.05, 0) is 55.9 Å². The van der Waals surface area contributed by atoms with E-state index in [1.165, 1.54) is 25.0 Å². The number of hydrogen-bond donors (Lipinski definition) is 1. The number of aliphatic imine (C=N–C) groups is 1. The maximum atomic E-state index is 13.0. The number of nitrogens with two attached hydrogens (primary N) is 1. The molecule has 1 aliphatic carbocycles. The third kappa shape index (κ3) is 5.70. The Morgan fingerprint density at radius 1 is 1.19 bits per heavy atom. The van der Waals surface area contributed by atoms with Crippen molar-refractivity contribution in [1.82, 2.24) is 4.90 Å². The van der Waals surface area contributed by atoms with E-state index >= 15 is 0 Å². The molecule has 1 aromatic carbocycles. The zero-order valence-electron chi connectivity index (χ0n) is 15.5. The van der Waals surface area contributed by atoms with Crippen LogP contribution in [-0.2, 0) is 4.74 Å². The number of ether oxygens (including phenoxy) is 1. The summed E-state index contributed by atoms with van der Waals surface area (Å²) < 4.78 is 18.5. The minimum Gasteiger partial charge on any atom is -0.382 e. The first-order valence-corrected chi connectivity index (χ1v) is 9.25. The predicted molar refractivity (Wildman–Crippen MR) is 115 cm³/mol. The Morgan fingerprint density at radius 2 is 1.85 bits per heavy atom. The third-order valence-electron chi connectivity index (χ3n) is 5.31. The lowest BCUT2D eigenvalue weighted by molar-refractivity contribution is 0.129. The van der Waals surface area contributed by atoms with Crippen molar-refractivity contribution in [3.63, 3.8) is 0 Å². The average Bonchev–Trinajstić information content (AvgIpc) is 3.41. The highest BCUT2D eigenvalue weighted by atomic mass is 127. The van der Waals surface area contributed by atoms with E-state index in [9.17, 15) is 4.39 Å². The van der Waals surface area contributed by atoms with Crippen LogP contribution in [0, 0.1) is 11.2 Å². The van der Waals surface area contributed by atoms with Crippen LogP contribution in [0.2, 0.25) is 0 Å². The molecule has 2 fully saturated rings. The smallest absolute Gasteiger partial charge is 0.191 e. The lowest BCUT2D eigenvalue weighted by Crippen LogP contribution is -2.51. The largest absolute Gasteiger partial charge is 0.382 e. The van der Waals surface area contributed by atoms with Crippen molar-refractivity contribution >= 4 is 35.6 Å². The summed E-state index contributed by atoms with van der Waals surface area (Å²) in [5.74, 6) is 0.457. The number of halogens is 2. The van der Waals surface area contributed by atoms with Gasteiger partial charge >= 0.3 is 0 Å². The first kappa shape index (κ1) is 21.2. The summed E-state index contributed by atoms with van der Waals surface area (Å²) in [4.78, 5) is 9.08. The van der Waals surface area contributed by atoms with Crippen molar-refractivity contribution < 1.29 is 9.13 Å². The molecule has 0 atom stereocenters. The molecule has 1 saturated heterocycles. The van der Waals surface area contributed by atoms with Gasteiger partial charge in [-0.25, -0.2) is 4.39 Å². The molecule has 1 saturated carbocycles. The Morgan fingerprint density at radius 3 is 2.42 bits per heavy atom. The van der Waals surface area contributed by atoms with Gasteiger partial charge in [0.1, 0.15) is 5.82 Å². The van der Waals surface area contributed by atoms with Crippen LogP contribution in [0.15, 0.2) is 29.3 Å². The average molecular weight is 476 g/mol. The summed E-state index contributed by atoms with van der Waals surface area (Å²) in [6, 6.07) is 6.68. The molecule has 0 radical (unpaired) electrons. The Balaban J connectivity index is 0.00000243. The van der Waals surface area contributed by atoms with Crippen LogP contribution in [0.25, 0.3) is 0 Å². The van der Waals surface area contributed by atoms with Crippen molar-refractivity contribution in [2.45, 2.75) is 26.2 Å². The molecular weight excluding hydrogens is 446 g/mol. The normalized spacial score (nSPS) is 19.2. The lowest BCUT2D eigenvalue weighted by atomic mass is 10.0. The van der Waals surface area contributed by atoms with Gasteiger partial charge in [0.05, 0.1) is 0 Å². The van der Waals surface area contributed by atoms with E-state index < -0.39 is 0 Å². The highest BCUT2D eigenvalue weighted by molar-refractivity contribution is 14.0. The molecule has 2 N–H and O–H groups in total. The molecule has 0 bridgehead atoms. The van der Waals surface area contributed by atoms with Crippen molar-refractivity contribution in [2.75, 3.05) is 50.8 Å². The van der Waals surface area contributed by atoms with Crippen LogP contribution >= 0.6 is 24.0 Å². The molecule has 1 aliphatic heterocycles. The van der Waals surface area contributed by atoms with E-state index in [0.29, 0.717) is 11.4 Å². The van der Waals surface area contributed by atoms with Gasteiger partial charge in [0.2, 0.25) is 0 Å². The minimum atomic E-state index is -0.197. The molecule has 0 spiro atoms. The quantitative estimate of drug-likeness (QED) is 0.285. The summed E-state index contributed by atoms with van der Waals surface area (Å²) >= 11 is 0. The van der Waals surface area contributed by atoms with Crippen LogP contribution in [0.3, 0.4) is 0 Å². The summed E-state index contributed by atoms with van der Waals surface area (Å²) in [6.07, 6.45) is 3.54. The Kier molecular flexibility index (Phi) is 7.94. The second-order valence-electron chi connectivity index (χ2n) is 7.07. The molecule has 146 valence electrons. The molecule has 0 aromatic heterocycles. The van der Waals surface area contributed by atoms with E-state index in [4.69, 9.17) is 10.5 Å². The fraction of sp³-hybridized carbons (Fsp3) is 0.632. The molecule has 3 rings (SSSR count). The second-order valence-corrected chi connectivity index (χ2v) is 7.07. The highest BCUT2D eigenvalue weighted by Crippen LogP contribution is 2.49. The Hall–Kier alpha value is -1.09. The van der Waals surface area contributed by atoms with Crippen LogP contribution in [-0.4, -0.2) is 56.8 Å². The number of piperazine rings is 1. The molecule has 2 aliphatic rings. The van der Waals surface area contributed by atoms with Gasteiger partial charge in [-0.1, -0.05) is 0 Å². The molecule has 5 nitrogen and oxygen atoms in total. The maximum absolute atomic E-state index is 13.0. The summed E-state index contributed by atoms with van der Waals surface area (Å²) in [6.45, 7) is 7.87. The van der Waals surface area contributed by atoms with Gasteiger partial charge in [-0.2, -0.15) is 0 Å². The van der Waals surface area contributed by atoms with Crippen LogP contribution in [0.5, 0.6) is 0 Å². The van der Waals surface area contributed by atoms with Gasteiger partial charge in [0, 0.05) is 51.6 Å². The highest BCUT2D eigenvalue weighted by Gasteiger charge is 2.42. The van der Waals surface area contributed by atoms with E-state index in [0.717, 1.165) is 58.0 Å². The molecular formula is C19H30FIN4O. The fourth-order valence-electron chi connectivity index (χ4n) is 3.29. The van der Waals surface area contributed by atoms with Crippen molar-refractivity contribution in [3.05, 3.63) is 30.1 Å². The number of hydrogen-bond acceptors (Lipinski definition) is 3. The van der Waals surface area contributed by atoms with E-state index in [2.05, 4.69) is 14.8 Å². The summed E-state index contributed by atoms with van der Waals surface area (Å²) in [7, 11) is 0. The SMILES string of the molecule is CCOCCC1(CN=C(N)N2CCN(c3ccc(F)cc3)CC2)CC1.I. The zero-order valence-corrected chi connectivity index (χ0v) is 17.8. The molecule has 0 unspecified atom stereocenters. The van der Waals surface area contributed by atoms with Gasteiger partial charge in [-0.3, -0.25) is 4.99 Å². The number of nitrogens with zero attached hydrogens (tertiary/aromatic N) is 3. The van der Waals surface area contributed by atoms with Crippen molar-refractivity contribution in [1.29, 1.82) is 0 Å². The predicted octanol–water partition coefficient (Wildman–Crippen LogP) is 3.09. The lowest BCUT2D eigenvalue weighted by Gasteiger charge is -2.36. The van der Waals surface area contributed by atoms with Gasteiger partial charge in [0.15, 0.2) is 5.96 Å². The Bertz CT molecular complexity index is 584. The topological polar surface area (TPSA) is 54.1 Å². The van der Waals surface area contributed by atoms with Crippen molar-refractivity contribution in [2.24, 2.45) is 16.1 Å². The monoisotopic (exact) mass is 476 g/mol. The van der Waals surface area contributed by atoms with Crippen molar-refractivity contribution in [3.8, 4) is 0 Å². The first-order valence-electron chi connectivity index (χ1n) is 9.25. The second kappa shape index (κ2) is 9.73. The van der Waals surface area contributed by atoms with Crippen LogP contribution in [0.4, 0.5) is 10.1 Å². The number of rotatable bonds is 7. The molecule has 0 amide bonds. The minimum absolute atomic E-state index is 0. The molecule has 1 aromatic rings. The fourth-order valence-corrected chi connectivity index (χ4v) is 3.29.